The van der Waals surface area contributed by atoms with Crippen LogP contribution in [0.4, 0.5) is 0 Å². The van der Waals surface area contributed by atoms with E-state index in [1.54, 1.807) is 28.4 Å². The number of methoxy groups -OCH3 is 4. The SMILES string of the molecule is COc1ccc(CCO[C@@H]2CCCC[C@H]2N2CC[C@@H](OC(=O)CCC(=O)N3CCN(Cc4cc(OC)c(C)c(OC)c4)CC3)C2)cc1OC. The van der Waals surface area contributed by atoms with E-state index >= 15 is 0 Å². The normalized spacial score (nSPS) is 21.7. The molecule has 49 heavy (non-hydrogen) atoms. The van der Waals surface area contributed by atoms with Gasteiger partial charge in [0.15, 0.2) is 11.5 Å². The van der Waals surface area contributed by atoms with Crippen molar-refractivity contribution in [2.45, 2.75) is 83.1 Å². The fourth-order valence-corrected chi connectivity index (χ4v) is 7.46. The van der Waals surface area contributed by atoms with Crippen LogP contribution in [0, 0.1) is 6.92 Å². The third kappa shape index (κ3) is 9.80. The minimum absolute atomic E-state index is 0.0126. The molecule has 5 rings (SSSR count). The molecule has 1 saturated carbocycles. The second-order valence-electron chi connectivity index (χ2n) is 13.4. The van der Waals surface area contributed by atoms with Crippen molar-refractivity contribution < 1.29 is 38.0 Å². The van der Waals surface area contributed by atoms with Crippen LogP contribution < -0.4 is 18.9 Å². The van der Waals surface area contributed by atoms with E-state index in [2.05, 4.69) is 28.0 Å². The van der Waals surface area contributed by atoms with Crippen LogP contribution in [0.5, 0.6) is 23.0 Å². The van der Waals surface area contributed by atoms with Gasteiger partial charge in [-0.1, -0.05) is 18.9 Å². The van der Waals surface area contributed by atoms with Gasteiger partial charge in [-0.05, 0) is 68.0 Å². The Morgan fingerprint density at radius 3 is 2.12 bits per heavy atom. The quantitative estimate of drug-likeness (QED) is 0.247. The zero-order chi connectivity index (χ0) is 34.8. The number of nitrogens with zero attached hydrogens (tertiary/aromatic N) is 3. The highest BCUT2D eigenvalue weighted by atomic mass is 16.5. The number of hydrogen-bond acceptors (Lipinski definition) is 10. The number of carbonyl (C=O) groups excluding carboxylic acids is 2. The van der Waals surface area contributed by atoms with Crippen LogP contribution in [0.1, 0.15) is 61.6 Å². The van der Waals surface area contributed by atoms with Crippen molar-refractivity contribution in [1.29, 1.82) is 0 Å². The van der Waals surface area contributed by atoms with E-state index in [0.29, 0.717) is 25.7 Å². The summed E-state index contributed by atoms with van der Waals surface area (Å²) in [5.41, 5.74) is 3.25. The number of benzene rings is 2. The Hall–Kier alpha value is -3.54. The van der Waals surface area contributed by atoms with Gasteiger partial charge in [-0.3, -0.25) is 19.4 Å². The summed E-state index contributed by atoms with van der Waals surface area (Å²) >= 11 is 0. The van der Waals surface area contributed by atoms with Crippen LogP contribution in [-0.2, 0) is 32.0 Å². The van der Waals surface area contributed by atoms with Gasteiger partial charge in [0.25, 0.3) is 0 Å². The van der Waals surface area contributed by atoms with E-state index in [0.717, 1.165) is 98.1 Å². The predicted molar refractivity (Wildman–Crippen MR) is 187 cm³/mol. The number of hydrogen-bond donors (Lipinski definition) is 0. The van der Waals surface area contributed by atoms with Crippen molar-refractivity contribution in [3.8, 4) is 23.0 Å². The molecular weight excluding hydrogens is 626 g/mol. The number of rotatable bonds is 15. The highest BCUT2D eigenvalue weighted by Crippen LogP contribution is 2.32. The lowest BCUT2D eigenvalue weighted by atomic mass is 9.91. The van der Waals surface area contributed by atoms with E-state index in [9.17, 15) is 9.59 Å². The molecule has 1 amide bonds. The van der Waals surface area contributed by atoms with E-state index in [-0.39, 0.29) is 36.9 Å². The highest BCUT2D eigenvalue weighted by Gasteiger charge is 2.36. The molecular formula is C38H55N3O8. The van der Waals surface area contributed by atoms with E-state index in [1.165, 1.54) is 12.8 Å². The summed E-state index contributed by atoms with van der Waals surface area (Å²) in [5.74, 6) is 2.81. The summed E-state index contributed by atoms with van der Waals surface area (Å²) in [7, 11) is 6.63. The predicted octanol–water partition coefficient (Wildman–Crippen LogP) is 4.64. The third-order valence-corrected chi connectivity index (χ3v) is 10.3. The number of likely N-dealkylation sites (tertiary alicyclic amines) is 1. The van der Waals surface area contributed by atoms with Gasteiger partial charge in [-0.25, -0.2) is 0 Å². The van der Waals surface area contributed by atoms with Crippen molar-refractivity contribution in [3.63, 3.8) is 0 Å². The van der Waals surface area contributed by atoms with Gasteiger partial charge in [0.1, 0.15) is 17.6 Å². The summed E-state index contributed by atoms with van der Waals surface area (Å²) in [5, 5.41) is 0. The van der Waals surface area contributed by atoms with Crippen LogP contribution >= 0.6 is 0 Å². The average Bonchev–Trinajstić information content (AvgIpc) is 3.59. The first-order valence-corrected chi connectivity index (χ1v) is 17.8. The van der Waals surface area contributed by atoms with Gasteiger partial charge in [-0.2, -0.15) is 0 Å². The molecule has 0 radical (unpaired) electrons. The molecule has 0 unspecified atom stereocenters. The van der Waals surface area contributed by atoms with Crippen LogP contribution in [0.15, 0.2) is 30.3 Å². The largest absolute Gasteiger partial charge is 0.496 e. The summed E-state index contributed by atoms with van der Waals surface area (Å²) < 4.78 is 34.2. The Labute approximate surface area is 291 Å². The summed E-state index contributed by atoms with van der Waals surface area (Å²) in [6, 6.07) is 10.4. The average molecular weight is 682 g/mol. The smallest absolute Gasteiger partial charge is 0.306 e. The number of amides is 1. The summed E-state index contributed by atoms with van der Waals surface area (Å²) in [6.07, 6.45) is 6.44. The van der Waals surface area contributed by atoms with E-state index in [4.69, 9.17) is 28.4 Å². The number of esters is 1. The molecule has 11 heteroatoms. The standard InChI is InChI=1S/C38H55N3O8/c1-27-34(45-3)23-29(24-35(27)46-4)25-39-17-19-40(20-18-39)37(42)12-13-38(43)49-30-14-16-41(26-30)31-8-6-7-9-32(31)48-21-15-28-10-11-33(44-2)36(22-28)47-5/h10-11,22-24,30-32H,6-9,12-21,25-26H2,1-5H3/t30-,31-,32-/m1/s1. The molecule has 0 aromatic heterocycles. The maximum absolute atomic E-state index is 13.0. The van der Waals surface area contributed by atoms with Crippen molar-refractivity contribution in [2.75, 3.05) is 74.3 Å². The first-order valence-electron chi connectivity index (χ1n) is 17.8. The van der Waals surface area contributed by atoms with Crippen molar-refractivity contribution >= 4 is 11.9 Å². The maximum Gasteiger partial charge on any atom is 0.306 e. The topological polar surface area (TPSA) is 99.2 Å². The highest BCUT2D eigenvalue weighted by molar-refractivity contribution is 5.81. The van der Waals surface area contributed by atoms with Crippen LogP contribution in [0.3, 0.4) is 0 Å². The monoisotopic (exact) mass is 681 g/mol. The fraction of sp³-hybridized carbons (Fsp3) is 0.632. The van der Waals surface area contributed by atoms with Gasteiger partial charge >= 0.3 is 5.97 Å². The Morgan fingerprint density at radius 1 is 0.755 bits per heavy atom. The molecule has 2 saturated heterocycles. The summed E-state index contributed by atoms with van der Waals surface area (Å²) in [6.45, 7) is 7.83. The van der Waals surface area contributed by atoms with Crippen LogP contribution in [-0.4, -0.2) is 119 Å². The molecule has 3 aliphatic rings. The molecule has 0 bridgehead atoms. The van der Waals surface area contributed by atoms with Gasteiger partial charge in [0.05, 0.1) is 47.6 Å². The fourth-order valence-electron chi connectivity index (χ4n) is 7.46. The first kappa shape index (κ1) is 36.7. The Morgan fingerprint density at radius 2 is 1.43 bits per heavy atom. The molecule has 2 heterocycles. The molecule has 3 atom stereocenters. The Bertz CT molecular complexity index is 1370. The first-order chi connectivity index (χ1) is 23.8. The molecule has 2 aromatic rings. The van der Waals surface area contributed by atoms with Gasteiger partial charge in [-0.15, -0.1) is 0 Å². The number of carbonyl (C=O) groups is 2. The maximum atomic E-state index is 13.0. The van der Waals surface area contributed by atoms with Crippen LogP contribution in [0.25, 0.3) is 0 Å². The lowest BCUT2D eigenvalue weighted by Gasteiger charge is -2.37. The van der Waals surface area contributed by atoms with Gasteiger partial charge < -0.3 is 33.3 Å². The summed E-state index contributed by atoms with van der Waals surface area (Å²) in [4.78, 5) is 32.4. The number of ether oxygens (including phenoxy) is 6. The zero-order valence-electron chi connectivity index (χ0n) is 30.0. The molecule has 2 aliphatic heterocycles. The molecule has 0 spiro atoms. The minimum atomic E-state index is -0.285. The Balaban J connectivity index is 1.00. The number of piperazine rings is 1. The molecule has 3 fully saturated rings. The van der Waals surface area contributed by atoms with Crippen molar-refractivity contribution in [2.24, 2.45) is 0 Å². The van der Waals surface area contributed by atoms with Gasteiger partial charge in [0, 0.05) is 63.8 Å². The van der Waals surface area contributed by atoms with E-state index in [1.807, 2.05) is 24.0 Å². The van der Waals surface area contributed by atoms with Gasteiger partial charge in [0.2, 0.25) is 5.91 Å². The molecule has 2 aromatic carbocycles. The van der Waals surface area contributed by atoms with Crippen molar-refractivity contribution in [3.05, 3.63) is 47.0 Å². The molecule has 11 nitrogen and oxygen atoms in total. The molecule has 0 N–H and O–H groups in total. The van der Waals surface area contributed by atoms with E-state index < -0.39 is 0 Å². The second-order valence-corrected chi connectivity index (χ2v) is 13.4. The van der Waals surface area contributed by atoms with Crippen LogP contribution in [0.2, 0.25) is 0 Å². The third-order valence-electron chi connectivity index (χ3n) is 10.3. The molecule has 270 valence electrons. The molecule has 1 aliphatic carbocycles. The van der Waals surface area contributed by atoms with Crippen molar-refractivity contribution in [1.82, 2.24) is 14.7 Å². The second kappa shape index (κ2) is 17.9. The zero-order valence-corrected chi connectivity index (χ0v) is 30.0. The Kier molecular flexibility index (Phi) is 13.4. The minimum Gasteiger partial charge on any atom is -0.496 e. The lowest BCUT2D eigenvalue weighted by molar-refractivity contribution is -0.150. The lowest BCUT2D eigenvalue weighted by Crippen LogP contribution is -2.48.